The Balaban J connectivity index is 1.70. The highest BCUT2D eigenvalue weighted by Crippen LogP contribution is 2.25. The third kappa shape index (κ3) is 4.89. The third-order valence-electron chi connectivity index (χ3n) is 5.83. The Morgan fingerprint density at radius 1 is 1.00 bits per heavy atom. The first kappa shape index (κ1) is 24.1. The van der Waals surface area contributed by atoms with Crippen LogP contribution in [0, 0.1) is 5.82 Å². The van der Waals surface area contributed by atoms with Crippen molar-refractivity contribution < 1.29 is 12.8 Å². The van der Waals surface area contributed by atoms with Gasteiger partial charge in [-0.3, -0.25) is 5.32 Å². The molecule has 3 aromatic carbocycles. The van der Waals surface area contributed by atoms with Crippen molar-refractivity contribution in [3.8, 4) is 0 Å². The Morgan fingerprint density at radius 3 is 2.32 bits per heavy atom. The summed E-state index contributed by atoms with van der Waals surface area (Å²) in [5.74, 6) is 0.545. The molecule has 0 spiro atoms. The average molecular weight is 481 g/mol. The van der Waals surface area contributed by atoms with Crippen LogP contribution in [-0.2, 0) is 23.1 Å². The molecule has 1 N–H and O–H groups in total. The van der Waals surface area contributed by atoms with Crippen LogP contribution in [0.15, 0.2) is 77.7 Å². The fourth-order valence-corrected chi connectivity index (χ4v) is 4.98. The van der Waals surface area contributed by atoms with Gasteiger partial charge in [-0.25, -0.2) is 22.1 Å². The number of halogens is 1. The zero-order chi connectivity index (χ0) is 24.3. The van der Waals surface area contributed by atoms with E-state index in [0.29, 0.717) is 12.1 Å². The van der Waals surface area contributed by atoms with Gasteiger partial charge in [0, 0.05) is 20.6 Å². The number of fused-ring (bicyclic) bond motifs is 1. The van der Waals surface area contributed by atoms with E-state index < -0.39 is 10.0 Å². The van der Waals surface area contributed by atoms with Gasteiger partial charge in [-0.15, -0.1) is 0 Å². The fourth-order valence-electron chi connectivity index (χ4n) is 4.06. The third-order valence-corrected chi connectivity index (χ3v) is 7.64. The van der Waals surface area contributed by atoms with E-state index in [1.54, 1.807) is 24.3 Å². The van der Waals surface area contributed by atoms with Crippen molar-refractivity contribution >= 4 is 21.1 Å². The summed E-state index contributed by atoms with van der Waals surface area (Å²) < 4.78 is 42.1. The molecule has 0 saturated heterocycles. The lowest BCUT2D eigenvalue weighted by atomic mass is 9.98. The van der Waals surface area contributed by atoms with Crippen molar-refractivity contribution in [1.29, 1.82) is 0 Å². The topological polar surface area (TPSA) is 67.2 Å². The predicted octanol–water partition coefficient (Wildman–Crippen LogP) is 4.71. The second-order valence-corrected chi connectivity index (χ2v) is 10.5. The number of nitrogens with zero attached hydrogens (tertiary/aromatic N) is 3. The lowest BCUT2D eigenvalue weighted by Crippen LogP contribution is -2.24. The molecule has 6 nitrogen and oxygen atoms in total. The molecule has 0 amide bonds. The summed E-state index contributed by atoms with van der Waals surface area (Å²) in [5, 5.41) is 3.58. The molecule has 0 aliphatic rings. The number of hydrogen-bond donors (Lipinski definition) is 1. The standard InChI is InChI=1S/C26H29FN4O2S/c1-4-16-31-24-15-14-22(34(32,33)30(2)3)17-23(24)29-25(31)18-28-26(19-8-6-5-7-9-19)20-10-12-21(27)13-11-20/h5-15,17,26,28H,4,16,18H2,1-3H3. The zero-order valence-corrected chi connectivity index (χ0v) is 20.4. The number of rotatable bonds is 9. The van der Waals surface area contributed by atoms with Gasteiger partial charge in [0.1, 0.15) is 11.6 Å². The van der Waals surface area contributed by atoms with Crippen molar-refractivity contribution in [1.82, 2.24) is 19.2 Å². The van der Waals surface area contributed by atoms with Crippen molar-refractivity contribution in [2.45, 2.75) is 37.4 Å². The molecule has 0 fully saturated rings. The number of aromatic nitrogens is 2. The number of sulfonamides is 1. The van der Waals surface area contributed by atoms with Crippen LogP contribution >= 0.6 is 0 Å². The molecule has 0 bridgehead atoms. The zero-order valence-electron chi connectivity index (χ0n) is 19.6. The second-order valence-electron chi connectivity index (χ2n) is 8.39. The van der Waals surface area contributed by atoms with Gasteiger partial charge < -0.3 is 4.57 Å². The van der Waals surface area contributed by atoms with Gasteiger partial charge >= 0.3 is 0 Å². The minimum absolute atomic E-state index is 0.152. The fraction of sp³-hybridized carbons (Fsp3) is 0.269. The monoisotopic (exact) mass is 480 g/mol. The Kier molecular flexibility index (Phi) is 7.11. The Labute approximate surface area is 200 Å². The van der Waals surface area contributed by atoms with Crippen molar-refractivity contribution in [3.05, 3.63) is 95.6 Å². The summed E-state index contributed by atoms with van der Waals surface area (Å²) in [5.41, 5.74) is 3.55. The Hall–Kier alpha value is -3.07. The largest absolute Gasteiger partial charge is 0.327 e. The Bertz CT molecular complexity index is 1370. The van der Waals surface area contributed by atoms with Gasteiger partial charge in [-0.1, -0.05) is 49.4 Å². The van der Waals surface area contributed by atoms with Crippen molar-refractivity contribution in [3.63, 3.8) is 0 Å². The summed E-state index contributed by atoms with van der Waals surface area (Å²) in [6.45, 7) is 3.32. The molecule has 1 unspecified atom stereocenters. The normalized spacial score (nSPS) is 13.0. The highest BCUT2D eigenvalue weighted by Gasteiger charge is 2.20. The lowest BCUT2D eigenvalue weighted by Gasteiger charge is -2.20. The molecule has 1 heterocycles. The van der Waals surface area contributed by atoms with E-state index in [0.717, 1.165) is 35.4 Å². The Morgan fingerprint density at radius 2 is 1.68 bits per heavy atom. The molecular weight excluding hydrogens is 451 g/mol. The molecule has 4 aromatic rings. The van der Waals surface area contributed by atoms with Crippen LogP contribution in [0.25, 0.3) is 11.0 Å². The van der Waals surface area contributed by atoms with Gasteiger partial charge in [0.15, 0.2) is 0 Å². The number of nitrogens with one attached hydrogen (secondary N) is 1. The van der Waals surface area contributed by atoms with Crippen LogP contribution in [0.4, 0.5) is 4.39 Å². The molecule has 0 saturated carbocycles. The smallest absolute Gasteiger partial charge is 0.242 e. The molecule has 8 heteroatoms. The SMILES string of the molecule is CCCn1c(CNC(c2ccccc2)c2ccc(F)cc2)nc2cc(S(=O)(=O)N(C)C)ccc21. The van der Waals surface area contributed by atoms with E-state index in [2.05, 4.69) is 16.8 Å². The quantitative estimate of drug-likeness (QED) is 0.377. The molecule has 0 aliphatic heterocycles. The molecule has 4 rings (SSSR count). The minimum atomic E-state index is -3.55. The molecular formula is C26H29FN4O2S. The summed E-state index contributed by atoms with van der Waals surface area (Å²) in [4.78, 5) is 5.02. The molecule has 0 aliphatic carbocycles. The summed E-state index contributed by atoms with van der Waals surface area (Å²) in [7, 11) is -0.513. The highest BCUT2D eigenvalue weighted by molar-refractivity contribution is 7.89. The van der Waals surface area contributed by atoms with Crippen molar-refractivity contribution in [2.24, 2.45) is 0 Å². The van der Waals surface area contributed by atoms with Crippen LogP contribution < -0.4 is 5.32 Å². The first-order valence-corrected chi connectivity index (χ1v) is 12.7. The van der Waals surface area contributed by atoms with Crippen LogP contribution in [0.2, 0.25) is 0 Å². The average Bonchev–Trinajstić information content (AvgIpc) is 3.18. The summed E-state index contributed by atoms with van der Waals surface area (Å²) in [6, 6.07) is 21.4. The number of aryl methyl sites for hydroxylation is 1. The number of imidazole rings is 1. The molecule has 1 aromatic heterocycles. The van der Waals surface area contributed by atoms with Crippen molar-refractivity contribution in [2.75, 3.05) is 14.1 Å². The lowest BCUT2D eigenvalue weighted by molar-refractivity contribution is 0.521. The van der Waals surface area contributed by atoms with E-state index in [1.807, 2.05) is 36.4 Å². The van der Waals surface area contributed by atoms with Gasteiger partial charge in [0.2, 0.25) is 10.0 Å². The number of benzene rings is 3. The van der Waals surface area contributed by atoms with Crippen LogP contribution in [0.3, 0.4) is 0 Å². The molecule has 1 atom stereocenters. The van der Waals surface area contributed by atoms with Gasteiger partial charge in [0.25, 0.3) is 0 Å². The summed E-state index contributed by atoms with van der Waals surface area (Å²) in [6.07, 6.45) is 0.913. The first-order valence-electron chi connectivity index (χ1n) is 11.3. The van der Waals surface area contributed by atoms with E-state index >= 15 is 0 Å². The van der Waals surface area contributed by atoms with Crippen LogP contribution in [0.1, 0.15) is 36.3 Å². The molecule has 0 radical (unpaired) electrons. The van der Waals surface area contributed by atoms with E-state index in [-0.39, 0.29) is 16.8 Å². The minimum Gasteiger partial charge on any atom is -0.327 e. The maximum atomic E-state index is 13.5. The van der Waals surface area contributed by atoms with E-state index in [4.69, 9.17) is 4.98 Å². The number of hydrogen-bond acceptors (Lipinski definition) is 4. The maximum Gasteiger partial charge on any atom is 0.242 e. The van der Waals surface area contributed by atoms with Crippen LogP contribution in [0.5, 0.6) is 0 Å². The molecule has 34 heavy (non-hydrogen) atoms. The first-order chi connectivity index (χ1) is 16.3. The van der Waals surface area contributed by atoms with E-state index in [1.165, 1.54) is 30.5 Å². The maximum absolute atomic E-state index is 13.5. The van der Waals surface area contributed by atoms with Gasteiger partial charge in [-0.05, 0) is 47.9 Å². The highest BCUT2D eigenvalue weighted by atomic mass is 32.2. The second kappa shape index (κ2) is 10.0. The predicted molar refractivity (Wildman–Crippen MR) is 132 cm³/mol. The molecule has 178 valence electrons. The van der Waals surface area contributed by atoms with Gasteiger partial charge in [-0.2, -0.15) is 0 Å². The van der Waals surface area contributed by atoms with E-state index in [9.17, 15) is 12.8 Å². The summed E-state index contributed by atoms with van der Waals surface area (Å²) >= 11 is 0. The van der Waals surface area contributed by atoms with Gasteiger partial charge in [0.05, 0.1) is 28.5 Å². The van der Waals surface area contributed by atoms with Crippen LogP contribution in [-0.4, -0.2) is 36.4 Å².